The van der Waals surface area contributed by atoms with E-state index in [1.54, 1.807) is 6.92 Å². The van der Waals surface area contributed by atoms with Crippen LogP contribution in [0, 0.1) is 6.92 Å². The molecule has 0 aliphatic rings. The largest absolute Gasteiger partial charge is 0.416 e. The Morgan fingerprint density at radius 2 is 1.89 bits per heavy atom. The standard InChI is InChI=1S/C13H12F3NS/c1-8-6-9(13(14,15)16)2-4-11(8)12-5-3-10(7-17)18-12/h2-6H,7,17H2,1H3. The molecular formula is C13H12F3NS. The molecule has 1 aromatic heterocycles. The molecular weight excluding hydrogens is 259 g/mol. The number of alkyl halides is 3. The third-order valence-electron chi connectivity index (χ3n) is 2.68. The molecule has 1 aromatic carbocycles. The summed E-state index contributed by atoms with van der Waals surface area (Å²) in [6, 6.07) is 7.60. The van der Waals surface area contributed by atoms with Gasteiger partial charge in [0.2, 0.25) is 0 Å². The predicted molar refractivity (Wildman–Crippen MR) is 67.4 cm³/mol. The predicted octanol–water partition coefficient (Wildman–Crippen LogP) is 4.20. The van der Waals surface area contributed by atoms with E-state index in [9.17, 15) is 13.2 Å². The Morgan fingerprint density at radius 1 is 1.17 bits per heavy atom. The Kier molecular flexibility index (Phi) is 3.45. The van der Waals surface area contributed by atoms with Crippen molar-refractivity contribution in [1.29, 1.82) is 0 Å². The number of thiophene rings is 1. The molecule has 0 aliphatic heterocycles. The van der Waals surface area contributed by atoms with Crippen LogP contribution in [0.3, 0.4) is 0 Å². The molecule has 2 N–H and O–H groups in total. The second-order valence-corrected chi connectivity index (χ2v) is 5.17. The third-order valence-corrected chi connectivity index (χ3v) is 3.82. The summed E-state index contributed by atoms with van der Waals surface area (Å²) < 4.78 is 37.6. The smallest absolute Gasteiger partial charge is 0.326 e. The first-order chi connectivity index (χ1) is 8.41. The van der Waals surface area contributed by atoms with Crippen LogP contribution in [0.2, 0.25) is 0 Å². The quantitative estimate of drug-likeness (QED) is 0.870. The number of hydrogen-bond donors (Lipinski definition) is 1. The van der Waals surface area contributed by atoms with Crippen LogP contribution >= 0.6 is 11.3 Å². The van der Waals surface area contributed by atoms with Gasteiger partial charge in [0.1, 0.15) is 0 Å². The Bertz CT molecular complexity index is 558. The Morgan fingerprint density at radius 3 is 2.39 bits per heavy atom. The van der Waals surface area contributed by atoms with Gasteiger partial charge in [-0.1, -0.05) is 6.07 Å². The van der Waals surface area contributed by atoms with Crippen LogP contribution in [0.1, 0.15) is 16.0 Å². The zero-order chi connectivity index (χ0) is 13.3. The molecule has 0 amide bonds. The molecule has 0 aliphatic carbocycles. The maximum atomic E-state index is 12.5. The van der Waals surface area contributed by atoms with Gasteiger partial charge in [-0.2, -0.15) is 13.2 Å². The average molecular weight is 271 g/mol. The maximum Gasteiger partial charge on any atom is 0.416 e. The fourth-order valence-electron chi connectivity index (χ4n) is 1.75. The average Bonchev–Trinajstić information content (AvgIpc) is 2.76. The van der Waals surface area contributed by atoms with Gasteiger partial charge in [-0.25, -0.2) is 0 Å². The Labute approximate surface area is 107 Å². The van der Waals surface area contributed by atoms with Gasteiger partial charge in [0.15, 0.2) is 0 Å². The molecule has 1 nitrogen and oxygen atoms in total. The highest BCUT2D eigenvalue weighted by atomic mass is 32.1. The second kappa shape index (κ2) is 4.74. The highest BCUT2D eigenvalue weighted by molar-refractivity contribution is 7.15. The molecule has 2 rings (SSSR count). The molecule has 0 bridgehead atoms. The van der Waals surface area contributed by atoms with E-state index in [1.165, 1.54) is 23.5 Å². The van der Waals surface area contributed by atoms with Crippen LogP contribution < -0.4 is 5.73 Å². The molecule has 2 aromatic rings. The summed E-state index contributed by atoms with van der Waals surface area (Å²) in [5.74, 6) is 0. The fraction of sp³-hybridized carbons (Fsp3) is 0.231. The lowest BCUT2D eigenvalue weighted by molar-refractivity contribution is -0.137. The fourth-order valence-corrected chi connectivity index (χ4v) is 2.73. The lowest BCUT2D eigenvalue weighted by Gasteiger charge is -2.10. The molecule has 0 saturated heterocycles. The minimum atomic E-state index is -4.29. The Hall–Kier alpha value is -1.33. The van der Waals surface area contributed by atoms with E-state index in [1.807, 2.05) is 12.1 Å². The topological polar surface area (TPSA) is 26.0 Å². The van der Waals surface area contributed by atoms with Crippen molar-refractivity contribution < 1.29 is 13.2 Å². The van der Waals surface area contributed by atoms with Gasteiger partial charge in [0.25, 0.3) is 0 Å². The summed E-state index contributed by atoms with van der Waals surface area (Å²) in [7, 11) is 0. The number of halogens is 3. The van der Waals surface area contributed by atoms with E-state index >= 15 is 0 Å². The molecule has 18 heavy (non-hydrogen) atoms. The lowest BCUT2D eigenvalue weighted by atomic mass is 10.0. The molecule has 0 radical (unpaired) electrons. The van der Waals surface area contributed by atoms with E-state index in [-0.39, 0.29) is 0 Å². The van der Waals surface area contributed by atoms with Crippen LogP contribution in [0.15, 0.2) is 30.3 Å². The first-order valence-corrected chi connectivity index (χ1v) is 6.20. The summed E-state index contributed by atoms with van der Waals surface area (Å²) in [5, 5.41) is 0. The van der Waals surface area contributed by atoms with Crippen LogP contribution in [-0.2, 0) is 12.7 Å². The number of benzene rings is 1. The van der Waals surface area contributed by atoms with Crippen molar-refractivity contribution in [1.82, 2.24) is 0 Å². The van der Waals surface area contributed by atoms with E-state index in [2.05, 4.69) is 0 Å². The summed E-state index contributed by atoms with van der Waals surface area (Å²) >= 11 is 1.51. The third kappa shape index (κ3) is 2.57. The molecule has 0 unspecified atom stereocenters. The summed E-state index contributed by atoms with van der Waals surface area (Å²) in [4.78, 5) is 1.96. The number of nitrogens with two attached hydrogens (primary N) is 1. The van der Waals surface area contributed by atoms with Gasteiger partial charge in [0, 0.05) is 16.3 Å². The van der Waals surface area contributed by atoms with Gasteiger partial charge in [-0.05, 0) is 42.3 Å². The first kappa shape index (κ1) is 13.1. The second-order valence-electron chi connectivity index (χ2n) is 4.00. The van der Waals surface area contributed by atoms with E-state index < -0.39 is 11.7 Å². The molecule has 0 fully saturated rings. The van der Waals surface area contributed by atoms with Gasteiger partial charge in [0.05, 0.1) is 5.56 Å². The van der Waals surface area contributed by atoms with Crippen LogP contribution in [0.5, 0.6) is 0 Å². The summed E-state index contributed by atoms with van der Waals surface area (Å²) in [6.45, 7) is 2.14. The number of rotatable bonds is 2. The van der Waals surface area contributed by atoms with Crippen molar-refractivity contribution in [2.24, 2.45) is 5.73 Å². The number of aryl methyl sites for hydroxylation is 1. The zero-order valence-electron chi connectivity index (χ0n) is 9.71. The van der Waals surface area contributed by atoms with Crippen molar-refractivity contribution in [3.63, 3.8) is 0 Å². The van der Waals surface area contributed by atoms with E-state index in [0.717, 1.165) is 21.4 Å². The molecule has 96 valence electrons. The van der Waals surface area contributed by atoms with Crippen LogP contribution in [-0.4, -0.2) is 0 Å². The van der Waals surface area contributed by atoms with Crippen molar-refractivity contribution in [3.8, 4) is 10.4 Å². The molecule has 0 saturated carbocycles. The molecule has 5 heteroatoms. The maximum absolute atomic E-state index is 12.5. The van der Waals surface area contributed by atoms with E-state index in [0.29, 0.717) is 12.1 Å². The number of hydrogen-bond acceptors (Lipinski definition) is 2. The van der Waals surface area contributed by atoms with Crippen molar-refractivity contribution in [3.05, 3.63) is 46.3 Å². The zero-order valence-corrected chi connectivity index (χ0v) is 10.5. The first-order valence-electron chi connectivity index (χ1n) is 5.39. The Balaban J connectivity index is 2.41. The normalized spacial score (nSPS) is 11.8. The molecule has 0 atom stereocenters. The van der Waals surface area contributed by atoms with Crippen molar-refractivity contribution >= 4 is 11.3 Å². The molecule has 0 spiro atoms. The highest BCUT2D eigenvalue weighted by Crippen LogP contribution is 2.35. The molecule has 1 heterocycles. The highest BCUT2D eigenvalue weighted by Gasteiger charge is 2.30. The summed E-state index contributed by atoms with van der Waals surface area (Å²) in [6.07, 6.45) is -4.29. The lowest BCUT2D eigenvalue weighted by Crippen LogP contribution is -2.05. The van der Waals surface area contributed by atoms with Gasteiger partial charge in [-0.3, -0.25) is 0 Å². The van der Waals surface area contributed by atoms with Crippen LogP contribution in [0.25, 0.3) is 10.4 Å². The minimum absolute atomic E-state index is 0.449. The van der Waals surface area contributed by atoms with Gasteiger partial charge in [-0.15, -0.1) is 11.3 Å². The van der Waals surface area contributed by atoms with Crippen molar-refractivity contribution in [2.75, 3.05) is 0 Å². The van der Waals surface area contributed by atoms with Crippen LogP contribution in [0.4, 0.5) is 13.2 Å². The van der Waals surface area contributed by atoms with Crippen molar-refractivity contribution in [2.45, 2.75) is 19.6 Å². The summed E-state index contributed by atoms with van der Waals surface area (Å²) in [5.41, 5.74) is 6.36. The van der Waals surface area contributed by atoms with E-state index in [4.69, 9.17) is 5.73 Å². The van der Waals surface area contributed by atoms with Gasteiger partial charge < -0.3 is 5.73 Å². The van der Waals surface area contributed by atoms with Gasteiger partial charge >= 0.3 is 6.18 Å². The monoisotopic (exact) mass is 271 g/mol. The minimum Gasteiger partial charge on any atom is -0.326 e. The SMILES string of the molecule is Cc1cc(C(F)(F)F)ccc1-c1ccc(CN)s1.